The van der Waals surface area contributed by atoms with Crippen LogP contribution < -0.4 is 10.1 Å². The first-order chi connectivity index (χ1) is 12.2. The maximum absolute atomic E-state index is 12.1. The van der Waals surface area contributed by atoms with Crippen LogP contribution in [-0.4, -0.2) is 23.5 Å². The third-order valence-electron chi connectivity index (χ3n) is 3.41. The standard InChI is InChI=1S/C17H15F3N2O4/c1-11(23)13-4-7-15(16(8-13)22(24)25)21-9-12-2-5-14(6-3-12)26-10-17(18,19)20/h2-8,21H,9-10H2,1H3. The van der Waals surface area contributed by atoms with Gasteiger partial charge in [-0.1, -0.05) is 12.1 Å². The number of halogens is 3. The zero-order valence-corrected chi connectivity index (χ0v) is 13.7. The van der Waals surface area contributed by atoms with Crippen molar-refractivity contribution in [1.29, 1.82) is 0 Å². The highest BCUT2D eigenvalue weighted by molar-refractivity contribution is 5.95. The molecule has 0 heterocycles. The number of nitro groups is 1. The Balaban J connectivity index is 2.04. The van der Waals surface area contributed by atoms with Crippen LogP contribution in [0.4, 0.5) is 24.5 Å². The Kier molecular flexibility index (Phi) is 5.81. The third kappa shape index (κ3) is 5.47. The van der Waals surface area contributed by atoms with E-state index in [1.165, 1.54) is 37.3 Å². The molecule has 0 radical (unpaired) electrons. The highest BCUT2D eigenvalue weighted by Crippen LogP contribution is 2.26. The molecule has 0 unspecified atom stereocenters. The van der Waals surface area contributed by atoms with Crippen LogP contribution in [0, 0.1) is 10.1 Å². The first kappa shape index (κ1) is 19.2. The van der Waals surface area contributed by atoms with E-state index in [4.69, 9.17) is 0 Å². The molecule has 0 bridgehead atoms. The van der Waals surface area contributed by atoms with Gasteiger partial charge in [0.15, 0.2) is 12.4 Å². The van der Waals surface area contributed by atoms with Crippen molar-refractivity contribution >= 4 is 17.2 Å². The molecule has 6 nitrogen and oxygen atoms in total. The van der Waals surface area contributed by atoms with Gasteiger partial charge in [-0.15, -0.1) is 0 Å². The Bertz CT molecular complexity index is 805. The minimum atomic E-state index is -4.41. The molecule has 0 atom stereocenters. The molecule has 0 aliphatic carbocycles. The van der Waals surface area contributed by atoms with E-state index >= 15 is 0 Å². The van der Waals surface area contributed by atoms with Crippen molar-refractivity contribution in [3.8, 4) is 5.75 Å². The lowest BCUT2D eigenvalue weighted by molar-refractivity contribution is -0.384. The van der Waals surface area contributed by atoms with Crippen molar-refractivity contribution in [2.24, 2.45) is 0 Å². The molecule has 2 aromatic rings. The van der Waals surface area contributed by atoms with Crippen LogP contribution >= 0.6 is 0 Å². The summed E-state index contributed by atoms with van der Waals surface area (Å²) in [6, 6.07) is 9.98. The van der Waals surface area contributed by atoms with Crippen molar-refractivity contribution in [1.82, 2.24) is 0 Å². The highest BCUT2D eigenvalue weighted by Gasteiger charge is 2.28. The number of nitrogens with one attached hydrogen (secondary N) is 1. The molecule has 0 aliphatic heterocycles. The lowest BCUT2D eigenvalue weighted by atomic mass is 10.1. The maximum atomic E-state index is 12.1. The van der Waals surface area contributed by atoms with E-state index in [-0.39, 0.29) is 35.0 Å². The predicted molar refractivity (Wildman–Crippen MR) is 88.4 cm³/mol. The molecule has 0 fully saturated rings. The van der Waals surface area contributed by atoms with Gasteiger partial charge in [-0.2, -0.15) is 13.2 Å². The molecule has 1 N–H and O–H groups in total. The predicted octanol–water partition coefficient (Wildman–Crippen LogP) is 4.35. The van der Waals surface area contributed by atoms with E-state index in [0.29, 0.717) is 5.56 Å². The second-order valence-corrected chi connectivity index (χ2v) is 5.45. The van der Waals surface area contributed by atoms with Crippen molar-refractivity contribution in [2.45, 2.75) is 19.6 Å². The van der Waals surface area contributed by atoms with Gasteiger partial charge >= 0.3 is 6.18 Å². The Labute approximate surface area is 146 Å². The van der Waals surface area contributed by atoms with Gasteiger partial charge in [-0.25, -0.2) is 0 Å². The number of hydrogen-bond acceptors (Lipinski definition) is 5. The Hall–Kier alpha value is -3.10. The topological polar surface area (TPSA) is 81.5 Å². The summed E-state index contributed by atoms with van der Waals surface area (Å²) in [5.41, 5.74) is 0.919. The van der Waals surface area contributed by atoms with Gasteiger partial charge < -0.3 is 10.1 Å². The number of ketones is 1. The number of alkyl halides is 3. The number of hydrogen-bond donors (Lipinski definition) is 1. The molecular formula is C17H15F3N2O4. The summed E-state index contributed by atoms with van der Waals surface area (Å²) in [5.74, 6) is -0.211. The number of Topliss-reactive ketones (excluding diaryl/α,β-unsaturated/α-hetero) is 1. The van der Waals surface area contributed by atoms with E-state index in [2.05, 4.69) is 10.1 Å². The number of benzene rings is 2. The molecule has 2 rings (SSSR count). The average molecular weight is 368 g/mol. The van der Waals surface area contributed by atoms with E-state index in [1.54, 1.807) is 12.1 Å². The van der Waals surface area contributed by atoms with E-state index in [9.17, 15) is 28.1 Å². The number of nitro benzene ring substituents is 1. The maximum Gasteiger partial charge on any atom is 0.422 e. The van der Waals surface area contributed by atoms with E-state index in [1.807, 2.05) is 0 Å². The third-order valence-corrected chi connectivity index (χ3v) is 3.41. The first-order valence-electron chi connectivity index (χ1n) is 7.47. The fourth-order valence-electron chi connectivity index (χ4n) is 2.12. The molecule has 0 saturated heterocycles. The average Bonchev–Trinajstić information content (AvgIpc) is 2.58. The summed E-state index contributed by atoms with van der Waals surface area (Å²) < 4.78 is 40.9. The van der Waals surface area contributed by atoms with Crippen LogP contribution in [0.3, 0.4) is 0 Å². The van der Waals surface area contributed by atoms with Crippen molar-refractivity contribution < 1.29 is 27.6 Å². The molecule has 0 aromatic heterocycles. The van der Waals surface area contributed by atoms with Crippen LogP contribution in [0.2, 0.25) is 0 Å². The minimum absolute atomic E-state index is 0.0721. The number of carbonyl (C=O) groups is 1. The Morgan fingerprint density at radius 3 is 2.38 bits per heavy atom. The van der Waals surface area contributed by atoms with Crippen LogP contribution in [0.1, 0.15) is 22.8 Å². The summed E-state index contributed by atoms with van der Waals surface area (Å²) >= 11 is 0. The molecule has 26 heavy (non-hydrogen) atoms. The molecule has 0 amide bonds. The van der Waals surface area contributed by atoms with Gasteiger partial charge in [0.2, 0.25) is 0 Å². The van der Waals surface area contributed by atoms with Crippen LogP contribution in [-0.2, 0) is 6.54 Å². The number of anilines is 1. The minimum Gasteiger partial charge on any atom is -0.484 e. The van der Waals surface area contributed by atoms with Crippen LogP contribution in [0.25, 0.3) is 0 Å². The number of rotatable bonds is 7. The Morgan fingerprint density at radius 1 is 1.19 bits per heavy atom. The molecule has 2 aromatic carbocycles. The molecule has 0 aliphatic rings. The lowest BCUT2D eigenvalue weighted by Crippen LogP contribution is -2.19. The van der Waals surface area contributed by atoms with E-state index < -0.39 is 17.7 Å². The van der Waals surface area contributed by atoms with Crippen molar-refractivity contribution in [3.05, 3.63) is 63.7 Å². The largest absolute Gasteiger partial charge is 0.484 e. The van der Waals surface area contributed by atoms with Crippen molar-refractivity contribution in [3.63, 3.8) is 0 Å². The van der Waals surface area contributed by atoms with Gasteiger partial charge in [0.1, 0.15) is 11.4 Å². The zero-order chi connectivity index (χ0) is 19.3. The van der Waals surface area contributed by atoms with Gasteiger partial charge in [0, 0.05) is 18.2 Å². The second kappa shape index (κ2) is 7.85. The van der Waals surface area contributed by atoms with Gasteiger partial charge in [0.25, 0.3) is 5.69 Å². The summed E-state index contributed by atoms with van der Waals surface area (Å²) in [7, 11) is 0. The van der Waals surface area contributed by atoms with Crippen molar-refractivity contribution in [2.75, 3.05) is 11.9 Å². The normalized spacial score (nSPS) is 11.1. The van der Waals surface area contributed by atoms with Gasteiger partial charge in [-0.3, -0.25) is 14.9 Å². The van der Waals surface area contributed by atoms with Gasteiger partial charge in [-0.05, 0) is 36.8 Å². The fraction of sp³-hybridized carbons (Fsp3) is 0.235. The second-order valence-electron chi connectivity index (χ2n) is 5.45. The van der Waals surface area contributed by atoms with Crippen LogP contribution in [0.5, 0.6) is 5.75 Å². The van der Waals surface area contributed by atoms with Crippen LogP contribution in [0.15, 0.2) is 42.5 Å². The molecular weight excluding hydrogens is 353 g/mol. The Morgan fingerprint density at radius 2 is 1.85 bits per heavy atom. The monoisotopic (exact) mass is 368 g/mol. The van der Waals surface area contributed by atoms with Gasteiger partial charge in [0.05, 0.1) is 4.92 Å². The summed E-state index contributed by atoms with van der Waals surface area (Å²) in [5, 5.41) is 14.0. The number of ether oxygens (including phenoxy) is 1. The summed E-state index contributed by atoms with van der Waals surface area (Å²) in [4.78, 5) is 21.9. The zero-order valence-electron chi connectivity index (χ0n) is 13.7. The molecule has 0 spiro atoms. The smallest absolute Gasteiger partial charge is 0.422 e. The fourth-order valence-corrected chi connectivity index (χ4v) is 2.12. The molecule has 9 heteroatoms. The molecule has 138 valence electrons. The quantitative estimate of drug-likeness (QED) is 0.446. The first-order valence-corrected chi connectivity index (χ1v) is 7.47. The summed E-state index contributed by atoms with van der Waals surface area (Å²) in [6.07, 6.45) is -4.41. The SMILES string of the molecule is CC(=O)c1ccc(NCc2ccc(OCC(F)(F)F)cc2)c([N+](=O)[O-])c1. The summed E-state index contributed by atoms with van der Waals surface area (Å²) in [6.45, 7) is 0.146. The molecule has 0 saturated carbocycles. The highest BCUT2D eigenvalue weighted by atomic mass is 19.4. The number of carbonyl (C=O) groups excluding carboxylic acids is 1. The lowest BCUT2D eigenvalue weighted by Gasteiger charge is -2.11. The number of nitrogens with zero attached hydrogens (tertiary/aromatic N) is 1. The van der Waals surface area contributed by atoms with E-state index in [0.717, 1.165) is 0 Å².